The standard InChI is InChI=1S/3C4H11Si.2ClH.Ta/c3*1-5(2,3)4;;;/h3*1H2,2-4H3;2*1H;/q3*-1;;;+2/p-2. The van der Waals surface area contributed by atoms with Gasteiger partial charge in [0.25, 0.3) is 0 Å². The molecule has 0 amide bonds. The van der Waals surface area contributed by atoms with E-state index in [1.165, 1.54) is 0 Å². The Hall–Kier alpha value is 1.97. The SMILES string of the molecule is [CH2-][Si](C)(C)C.[CH2-][Si](C)(C)C.[CH2-][Si](C)(C)C.[Cl][Ta][Cl]. The van der Waals surface area contributed by atoms with Crippen LogP contribution in [0.1, 0.15) is 0 Å². The van der Waals surface area contributed by atoms with Crippen molar-refractivity contribution in [3.63, 3.8) is 0 Å². The summed E-state index contributed by atoms with van der Waals surface area (Å²) in [6, 6.07) is 0. The monoisotopic (exact) mass is 512 g/mol. The molecule has 0 N–H and O–H groups in total. The summed E-state index contributed by atoms with van der Waals surface area (Å²) in [5.74, 6) is 0. The normalized spacial score (nSPS) is 10.8. The Kier molecular flexibility index (Phi) is 21.8. The van der Waals surface area contributed by atoms with Gasteiger partial charge in [0.1, 0.15) is 0 Å². The van der Waals surface area contributed by atoms with Crippen molar-refractivity contribution < 1.29 is 17.6 Å². The van der Waals surface area contributed by atoms with Crippen molar-refractivity contribution in [1.82, 2.24) is 0 Å². The molecule has 0 aliphatic rings. The van der Waals surface area contributed by atoms with Crippen molar-refractivity contribution in [3.05, 3.63) is 19.6 Å². The zero-order valence-corrected chi connectivity index (χ0v) is 21.5. The summed E-state index contributed by atoms with van der Waals surface area (Å²) in [5, 5.41) is 0. The van der Waals surface area contributed by atoms with Gasteiger partial charge in [0.15, 0.2) is 0 Å². The second kappa shape index (κ2) is 13.9. The summed E-state index contributed by atoms with van der Waals surface area (Å²) in [6.45, 7) is 31.7. The van der Waals surface area contributed by atoms with Crippen LogP contribution < -0.4 is 0 Å². The van der Waals surface area contributed by atoms with Gasteiger partial charge in [-0.15, -0.1) is 24.2 Å². The molecule has 0 rings (SSSR count). The fourth-order valence-electron chi connectivity index (χ4n) is 0. The summed E-state index contributed by atoms with van der Waals surface area (Å²) >= 11 is -0.889. The Balaban J connectivity index is -0.0000000739. The van der Waals surface area contributed by atoms with Crippen LogP contribution in [-0.2, 0) is 17.6 Å². The van der Waals surface area contributed by atoms with Gasteiger partial charge in [-0.3, -0.25) is 0 Å². The first kappa shape index (κ1) is 28.2. The summed E-state index contributed by atoms with van der Waals surface area (Å²) in [6.07, 6.45) is 0. The molecule has 0 radical (unpaired) electrons. The van der Waals surface area contributed by atoms with E-state index < -0.39 is 41.8 Å². The molecule has 0 unspecified atom stereocenters. The van der Waals surface area contributed by atoms with Crippen LogP contribution in [-0.4, -0.2) is 24.2 Å². The third-order valence-electron chi connectivity index (χ3n) is 0. The summed E-state index contributed by atoms with van der Waals surface area (Å²) in [4.78, 5) is 0. The fourth-order valence-corrected chi connectivity index (χ4v) is 0. The summed E-state index contributed by atoms with van der Waals surface area (Å²) in [7, 11) is 7.31. The van der Waals surface area contributed by atoms with Gasteiger partial charge in [-0.2, -0.15) is 0 Å². The van der Waals surface area contributed by atoms with Crippen molar-refractivity contribution in [2.24, 2.45) is 0 Å². The van der Waals surface area contributed by atoms with Crippen LogP contribution in [0.3, 0.4) is 0 Å². The number of hydrogen-bond acceptors (Lipinski definition) is 0. The third-order valence-corrected chi connectivity index (χ3v) is 0. The van der Waals surface area contributed by atoms with E-state index in [4.69, 9.17) is 18.4 Å². The van der Waals surface area contributed by atoms with E-state index in [9.17, 15) is 0 Å². The predicted octanol–water partition coefficient (Wildman–Crippen LogP) is 6.47. The Morgan fingerprint density at radius 2 is 0.556 bits per heavy atom. The zero-order valence-electron chi connectivity index (χ0n) is 13.8. The first-order valence-corrected chi connectivity index (χ1v) is 25.0. The molecule has 115 valence electrons. The van der Waals surface area contributed by atoms with Gasteiger partial charge in [-0.05, 0) is 0 Å². The molecule has 0 atom stereocenters. The average Bonchev–Trinajstić information content (AvgIpc) is 1.71. The Bertz CT molecular complexity index is 112. The van der Waals surface area contributed by atoms with Crippen LogP contribution in [0.15, 0.2) is 0 Å². The molecule has 0 aromatic carbocycles. The molecule has 0 saturated heterocycles. The summed E-state index contributed by atoms with van der Waals surface area (Å²) < 4.78 is 0. The maximum absolute atomic E-state index is 4.94. The molecule has 0 aliphatic heterocycles. The first-order valence-electron chi connectivity index (χ1n) is 5.90. The van der Waals surface area contributed by atoms with Crippen LogP contribution >= 0.6 is 18.4 Å². The van der Waals surface area contributed by atoms with Gasteiger partial charge in [0.05, 0.1) is 0 Å². The minimum atomic E-state index is -0.889. The molecule has 6 heteroatoms. The van der Waals surface area contributed by atoms with Crippen molar-refractivity contribution in [1.29, 1.82) is 0 Å². The third kappa shape index (κ3) is 1330. The van der Waals surface area contributed by atoms with Crippen molar-refractivity contribution in [2.45, 2.75) is 58.9 Å². The van der Waals surface area contributed by atoms with Crippen molar-refractivity contribution in [3.8, 4) is 0 Å². The molecular weight excluding hydrogens is 480 g/mol. The summed E-state index contributed by atoms with van der Waals surface area (Å²) in [5.41, 5.74) is 0. The van der Waals surface area contributed by atoms with E-state index in [1.54, 1.807) is 0 Å². The van der Waals surface area contributed by atoms with Crippen LogP contribution in [0.4, 0.5) is 0 Å². The quantitative estimate of drug-likeness (QED) is 0.257. The molecule has 0 aromatic rings. The van der Waals surface area contributed by atoms with Crippen LogP contribution in [0, 0.1) is 19.6 Å². The van der Waals surface area contributed by atoms with Crippen LogP contribution in [0.2, 0.25) is 58.9 Å². The molecule has 0 spiro atoms. The maximum atomic E-state index is 4.94. The molecule has 0 bridgehead atoms. The second-order valence-corrected chi connectivity index (χ2v) is 27.8. The molecule has 0 saturated carbocycles. The Morgan fingerprint density at radius 1 is 0.556 bits per heavy atom. The number of hydrogen-bond donors (Lipinski definition) is 0. The van der Waals surface area contributed by atoms with E-state index in [0.717, 1.165) is 0 Å². The topological polar surface area (TPSA) is 0 Å². The van der Waals surface area contributed by atoms with E-state index in [0.29, 0.717) is 0 Å². The molecule has 0 nitrogen and oxygen atoms in total. The number of halogens is 2. The molecule has 18 heavy (non-hydrogen) atoms. The zero-order chi connectivity index (χ0) is 16.2. The van der Waals surface area contributed by atoms with Gasteiger partial charge < -0.3 is 19.6 Å². The van der Waals surface area contributed by atoms with Gasteiger partial charge in [0, 0.05) is 0 Å². The van der Waals surface area contributed by atoms with E-state index >= 15 is 0 Å². The molecule has 0 fully saturated rings. The van der Waals surface area contributed by atoms with Gasteiger partial charge in [-0.1, -0.05) is 58.9 Å². The molecule has 0 heterocycles. The molecule has 0 aliphatic carbocycles. The van der Waals surface area contributed by atoms with Crippen LogP contribution in [0.25, 0.3) is 0 Å². The van der Waals surface area contributed by atoms with Gasteiger partial charge in [0.2, 0.25) is 0 Å². The van der Waals surface area contributed by atoms with Crippen molar-refractivity contribution in [2.75, 3.05) is 0 Å². The molecular formula is C12H33Cl2Si3Ta-3. The second-order valence-electron chi connectivity index (χ2n) is 7.75. The van der Waals surface area contributed by atoms with Gasteiger partial charge >= 0.3 is 36.0 Å². The Morgan fingerprint density at radius 3 is 0.556 bits per heavy atom. The predicted molar refractivity (Wildman–Crippen MR) is 97.8 cm³/mol. The Labute approximate surface area is 138 Å². The van der Waals surface area contributed by atoms with E-state index in [2.05, 4.69) is 78.6 Å². The molecule has 0 aromatic heterocycles. The van der Waals surface area contributed by atoms with Crippen LogP contribution in [0.5, 0.6) is 0 Å². The number of rotatable bonds is 0. The van der Waals surface area contributed by atoms with E-state index in [1.807, 2.05) is 0 Å². The van der Waals surface area contributed by atoms with Gasteiger partial charge in [-0.25, -0.2) is 0 Å². The minimum absolute atomic E-state index is 0.861. The average molecular weight is 514 g/mol. The van der Waals surface area contributed by atoms with Crippen molar-refractivity contribution >= 4 is 42.6 Å². The van der Waals surface area contributed by atoms with E-state index in [-0.39, 0.29) is 0 Å². The first-order chi connectivity index (χ1) is 7.41. The fraction of sp³-hybridized carbons (Fsp3) is 0.750.